The Morgan fingerprint density at radius 1 is 1.15 bits per heavy atom. The largest absolute Gasteiger partial charge is 0.480 e. The number of carbonyl (C=O) groups is 2. The van der Waals surface area contributed by atoms with Crippen molar-refractivity contribution in [3.63, 3.8) is 0 Å². The molecular formula is C19H26N2O5S. The summed E-state index contributed by atoms with van der Waals surface area (Å²) < 4.78 is 27.4. The number of fused-ring (bicyclic) bond motifs is 1. The van der Waals surface area contributed by atoms with Crippen LogP contribution in [0, 0.1) is 5.92 Å². The van der Waals surface area contributed by atoms with Crippen LogP contribution in [-0.2, 0) is 32.5 Å². The molecule has 1 fully saturated rings. The van der Waals surface area contributed by atoms with Crippen LogP contribution < -0.4 is 5.32 Å². The lowest BCUT2D eigenvalue weighted by molar-refractivity contribution is -0.142. The molecule has 1 aliphatic carbocycles. The number of rotatable bonds is 5. The van der Waals surface area contributed by atoms with Crippen LogP contribution in [0.4, 0.5) is 0 Å². The molecule has 2 N–H and O–H groups in total. The van der Waals surface area contributed by atoms with Gasteiger partial charge >= 0.3 is 5.97 Å². The lowest BCUT2D eigenvalue weighted by Gasteiger charge is -2.31. The highest BCUT2D eigenvalue weighted by atomic mass is 32.2. The Kier molecular flexibility index (Phi) is 5.86. The topological polar surface area (TPSA) is 104 Å². The number of piperidine rings is 1. The molecule has 0 aromatic heterocycles. The molecule has 27 heavy (non-hydrogen) atoms. The minimum Gasteiger partial charge on any atom is -0.480 e. The smallest absolute Gasteiger partial charge is 0.325 e. The summed E-state index contributed by atoms with van der Waals surface area (Å²) in [7, 11) is -3.57. The third-order valence-corrected chi connectivity index (χ3v) is 7.41. The summed E-state index contributed by atoms with van der Waals surface area (Å²) in [6.07, 6.45) is 4.94. The van der Waals surface area contributed by atoms with E-state index >= 15 is 0 Å². The van der Waals surface area contributed by atoms with E-state index in [0.29, 0.717) is 17.7 Å². The Morgan fingerprint density at radius 3 is 2.41 bits per heavy atom. The van der Waals surface area contributed by atoms with Gasteiger partial charge in [-0.15, -0.1) is 0 Å². The Hall–Kier alpha value is -1.93. The number of hydrogen-bond acceptors (Lipinski definition) is 4. The van der Waals surface area contributed by atoms with Gasteiger partial charge in [0.25, 0.3) is 0 Å². The van der Waals surface area contributed by atoms with E-state index in [1.54, 1.807) is 12.1 Å². The summed E-state index contributed by atoms with van der Waals surface area (Å²) in [5.41, 5.74) is 2.36. The first-order valence-corrected chi connectivity index (χ1v) is 10.9. The molecular weight excluding hydrogens is 368 g/mol. The number of aryl methyl sites for hydroxylation is 2. The number of carboxylic acid groups (broad SMARTS) is 1. The van der Waals surface area contributed by atoms with Crippen molar-refractivity contribution in [1.29, 1.82) is 0 Å². The van der Waals surface area contributed by atoms with E-state index in [-0.39, 0.29) is 24.9 Å². The van der Waals surface area contributed by atoms with Crippen molar-refractivity contribution >= 4 is 21.9 Å². The predicted molar refractivity (Wildman–Crippen MR) is 99.8 cm³/mol. The molecule has 1 saturated heterocycles. The number of sulfonamides is 1. The highest BCUT2D eigenvalue weighted by Gasteiger charge is 2.33. The highest BCUT2D eigenvalue weighted by Crippen LogP contribution is 2.28. The third kappa shape index (κ3) is 4.32. The SMILES string of the molecule is C[C@H](NC(=O)C1CCN(S(=O)(=O)c2ccc3c(c2)CCCC3)CC1)C(=O)O. The van der Waals surface area contributed by atoms with E-state index in [4.69, 9.17) is 5.11 Å². The molecule has 0 bridgehead atoms. The number of benzene rings is 1. The molecule has 1 atom stereocenters. The van der Waals surface area contributed by atoms with E-state index in [2.05, 4.69) is 5.32 Å². The quantitative estimate of drug-likeness (QED) is 0.789. The van der Waals surface area contributed by atoms with Gasteiger partial charge in [0, 0.05) is 19.0 Å². The van der Waals surface area contributed by atoms with E-state index in [0.717, 1.165) is 31.2 Å². The van der Waals surface area contributed by atoms with Crippen molar-refractivity contribution < 1.29 is 23.1 Å². The van der Waals surface area contributed by atoms with Crippen LogP contribution in [0.2, 0.25) is 0 Å². The summed E-state index contributed by atoms with van der Waals surface area (Å²) >= 11 is 0. The minimum atomic E-state index is -3.57. The summed E-state index contributed by atoms with van der Waals surface area (Å²) in [6.45, 7) is 1.94. The van der Waals surface area contributed by atoms with Crippen molar-refractivity contribution in [1.82, 2.24) is 9.62 Å². The van der Waals surface area contributed by atoms with Crippen LogP contribution in [-0.4, -0.2) is 48.8 Å². The Balaban J connectivity index is 1.65. The molecule has 1 aromatic carbocycles. The molecule has 0 saturated carbocycles. The van der Waals surface area contributed by atoms with Gasteiger partial charge in [0.15, 0.2) is 0 Å². The van der Waals surface area contributed by atoms with Gasteiger partial charge in [-0.05, 0) is 68.7 Å². The number of carbonyl (C=O) groups excluding carboxylic acids is 1. The fraction of sp³-hybridized carbons (Fsp3) is 0.579. The van der Waals surface area contributed by atoms with Crippen LogP contribution in [0.25, 0.3) is 0 Å². The monoisotopic (exact) mass is 394 g/mol. The van der Waals surface area contributed by atoms with Gasteiger partial charge in [-0.25, -0.2) is 8.42 Å². The summed E-state index contributed by atoms with van der Waals surface area (Å²) in [4.78, 5) is 23.3. The van der Waals surface area contributed by atoms with Crippen LogP contribution in [0.15, 0.2) is 23.1 Å². The fourth-order valence-electron chi connectivity index (χ4n) is 3.77. The average Bonchev–Trinajstić information content (AvgIpc) is 2.67. The summed E-state index contributed by atoms with van der Waals surface area (Å²) in [6, 6.07) is 4.47. The van der Waals surface area contributed by atoms with Crippen LogP contribution in [0.1, 0.15) is 43.7 Å². The van der Waals surface area contributed by atoms with E-state index in [9.17, 15) is 18.0 Å². The maximum atomic E-state index is 13.0. The second-order valence-corrected chi connectivity index (χ2v) is 9.32. The number of nitrogens with zero attached hydrogens (tertiary/aromatic N) is 1. The number of carboxylic acids is 1. The molecule has 1 amide bonds. The number of amides is 1. The van der Waals surface area contributed by atoms with Gasteiger partial charge in [-0.3, -0.25) is 9.59 Å². The second kappa shape index (κ2) is 7.98. The number of aliphatic carboxylic acids is 1. The molecule has 2 aliphatic rings. The van der Waals surface area contributed by atoms with E-state index < -0.39 is 22.0 Å². The summed E-state index contributed by atoms with van der Waals surface area (Å²) in [5.74, 6) is -1.77. The molecule has 0 spiro atoms. The van der Waals surface area contributed by atoms with Crippen molar-refractivity contribution in [2.45, 2.75) is 56.4 Å². The van der Waals surface area contributed by atoms with E-state index in [1.807, 2.05) is 6.07 Å². The second-order valence-electron chi connectivity index (χ2n) is 7.38. The van der Waals surface area contributed by atoms with Gasteiger partial charge in [-0.1, -0.05) is 6.07 Å². The molecule has 148 valence electrons. The van der Waals surface area contributed by atoms with Crippen LogP contribution in [0.3, 0.4) is 0 Å². The molecule has 3 rings (SSSR count). The normalized spacial score (nSPS) is 19.9. The van der Waals surface area contributed by atoms with Crippen molar-refractivity contribution in [3.8, 4) is 0 Å². The first-order valence-electron chi connectivity index (χ1n) is 9.44. The van der Waals surface area contributed by atoms with Crippen molar-refractivity contribution in [2.75, 3.05) is 13.1 Å². The molecule has 1 aromatic rings. The van der Waals surface area contributed by atoms with Crippen molar-refractivity contribution in [2.24, 2.45) is 5.92 Å². The standard InChI is InChI=1S/C19H26N2O5S/c1-13(19(23)24)20-18(22)15-8-10-21(11-9-15)27(25,26)17-7-6-14-4-2-3-5-16(14)12-17/h6-7,12-13,15H,2-5,8-11H2,1H3,(H,20,22)(H,23,24)/t13-/m0/s1. The molecule has 7 nitrogen and oxygen atoms in total. The Labute approximate surface area is 159 Å². The van der Waals surface area contributed by atoms with Gasteiger partial charge in [-0.2, -0.15) is 4.31 Å². The zero-order valence-electron chi connectivity index (χ0n) is 15.5. The first kappa shape index (κ1) is 19.8. The van der Waals surface area contributed by atoms with Crippen LogP contribution >= 0.6 is 0 Å². The Bertz CT molecular complexity index is 829. The maximum absolute atomic E-state index is 13.0. The van der Waals surface area contributed by atoms with Crippen molar-refractivity contribution in [3.05, 3.63) is 29.3 Å². The lowest BCUT2D eigenvalue weighted by Crippen LogP contribution is -2.46. The minimum absolute atomic E-state index is 0.263. The molecule has 1 heterocycles. The van der Waals surface area contributed by atoms with Gasteiger partial charge in [0.2, 0.25) is 15.9 Å². The average molecular weight is 394 g/mol. The first-order chi connectivity index (χ1) is 12.8. The molecule has 1 aliphatic heterocycles. The van der Waals surface area contributed by atoms with E-state index in [1.165, 1.54) is 16.8 Å². The predicted octanol–water partition coefficient (Wildman–Crippen LogP) is 1.56. The Morgan fingerprint density at radius 2 is 1.78 bits per heavy atom. The number of hydrogen-bond donors (Lipinski definition) is 2. The fourth-order valence-corrected chi connectivity index (χ4v) is 5.29. The van der Waals surface area contributed by atoms with Gasteiger partial charge < -0.3 is 10.4 Å². The summed E-state index contributed by atoms with van der Waals surface area (Å²) in [5, 5.41) is 11.3. The highest BCUT2D eigenvalue weighted by molar-refractivity contribution is 7.89. The molecule has 0 radical (unpaired) electrons. The zero-order chi connectivity index (χ0) is 19.6. The molecule has 0 unspecified atom stereocenters. The van der Waals surface area contributed by atoms with Gasteiger partial charge in [0.1, 0.15) is 6.04 Å². The molecule has 8 heteroatoms. The zero-order valence-corrected chi connectivity index (χ0v) is 16.3. The maximum Gasteiger partial charge on any atom is 0.325 e. The van der Waals surface area contributed by atoms with Gasteiger partial charge in [0.05, 0.1) is 4.90 Å². The lowest BCUT2D eigenvalue weighted by atomic mass is 9.92. The third-order valence-electron chi connectivity index (χ3n) is 5.51. The number of nitrogens with one attached hydrogen (secondary N) is 1. The van der Waals surface area contributed by atoms with Crippen LogP contribution in [0.5, 0.6) is 0 Å².